The van der Waals surface area contributed by atoms with Gasteiger partial charge in [-0.15, -0.1) is 0 Å². The van der Waals surface area contributed by atoms with Gasteiger partial charge in [-0.25, -0.2) is 0 Å². The molecule has 4 heteroatoms. The van der Waals surface area contributed by atoms with E-state index in [9.17, 15) is 4.79 Å². The summed E-state index contributed by atoms with van der Waals surface area (Å²) in [5, 5.41) is 7.58. The molecule has 2 atom stereocenters. The van der Waals surface area contributed by atoms with E-state index in [1.54, 1.807) is 5.57 Å². The molecular formula is C28H44N2O2. The van der Waals surface area contributed by atoms with E-state index < -0.39 is 11.0 Å². The molecule has 0 radical (unpaired) electrons. The summed E-state index contributed by atoms with van der Waals surface area (Å²) >= 11 is 0. The van der Waals surface area contributed by atoms with E-state index in [4.69, 9.17) is 4.74 Å². The maximum atomic E-state index is 12.5. The maximum absolute atomic E-state index is 12.5. The predicted molar refractivity (Wildman–Crippen MR) is 133 cm³/mol. The van der Waals surface area contributed by atoms with Gasteiger partial charge in [0.2, 0.25) is 0 Å². The molecule has 2 aliphatic rings. The van der Waals surface area contributed by atoms with Crippen LogP contribution < -0.4 is 10.6 Å². The number of ether oxygens (including phenoxy) is 1. The van der Waals surface area contributed by atoms with Crippen LogP contribution in [0.4, 0.5) is 0 Å². The fourth-order valence-electron chi connectivity index (χ4n) is 4.68. The smallest absolute Gasteiger partial charge is 0.313 e. The molecule has 2 aliphatic carbocycles. The number of hydrogen-bond donors (Lipinski definition) is 2. The zero-order valence-electron chi connectivity index (χ0n) is 21.0. The Hall–Kier alpha value is -1.65. The number of esters is 1. The van der Waals surface area contributed by atoms with E-state index in [2.05, 4.69) is 54.0 Å². The largest absolute Gasteiger partial charge is 0.460 e. The highest BCUT2D eigenvalue weighted by Gasteiger charge is 2.40. The summed E-state index contributed by atoms with van der Waals surface area (Å²) in [5.41, 5.74) is 1.95. The van der Waals surface area contributed by atoms with Gasteiger partial charge in [-0.3, -0.25) is 4.79 Å². The molecular weight excluding hydrogens is 396 g/mol. The Morgan fingerprint density at radius 2 is 1.66 bits per heavy atom. The number of carbonyl (C=O) groups is 1. The molecule has 0 aliphatic heterocycles. The van der Waals surface area contributed by atoms with Gasteiger partial charge >= 0.3 is 5.97 Å². The monoisotopic (exact) mass is 440 g/mol. The van der Waals surface area contributed by atoms with E-state index in [1.165, 1.54) is 37.7 Å². The first-order valence-corrected chi connectivity index (χ1v) is 12.6. The third-order valence-electron chi connectivity index (χ3n) is 6.79. The van der Waals surface area contributed by atoms with Crippen LogP contribution >= 0.6 is 0 Å². The lowest BCUT2D eigenvalue weighted by molar-refractivity contribution is -0.165. The molecule has 0 spiro atoms. The summed E-state index contributed by atoms with van der Waals surface area (Å²) < 4.78 is 5.59. The molecule has 2 saturated carbocycles. The van der Waals surface area contributed by atoms with Gasteiger partial charge in [-0.1, -0.05) is 48.9 Å². The van der Waals surface area contributed by atoms with Crippen molar-refractivity contribution < 1.29 is 9.53 Å². The van der Waals surface area contributed by atoms with Gasteiger partial charge in [-0.05, 0) is 84.6 Å². The first-order valence-electron chi connectivity index (χ1n) is 12.6. The van der Waals surface area contributed by atoms with Crippen LogP contribution in [0.2, 0.25) is 0 Å². The normalized spacial score (nSPS) is 26.6. The number of carbonyl (C=O) groups excluding carboxylic acids is 1. The summed E-state index contributed by atoms with van der Waals surface area (Å²) in [6.07, 6.45) is 9.53. The van der Waals surface area contributed by atoms with Crippen molar-refractivity contribution in [1.82, 2.24) is 10.6 Å². The highest BCUT2D eigenvalue weighted by atomic mass is 16.6. The average Bonchev–Trinajstić information content (AvgIpc) is 3.50. The van der Waals surface area contributed by atoms with E-state index in [0.29, 0.717) is 30.6 Å². The Morgan fingerprint density at radius 1 is 1.03 bits per heavy atom. The fraction of sp³-hybridized carbons (Fsp3) is 0.679. The minimum Gasteiger partial charge on any atom is -0.460 e. The first-order chi connectivity index (χ1) is 15.1. The second-order valence-corrected chi connectivity index (χ2v) is 11.4. The van der Waals surface area contributed by atoms with Crippen LogP contribution in [0, 0.1) is 11.3 Å². The predicted octanol–water partition coefficient (Wildman–Crippen LogP) is 5.73. The van der Waals surface area contributed by atoms with Crippen molar-refractivity contribution in [2.75, 3.05) is 6.54 Å². The van der Waals surface area contributed by atoms with Crippen molar-refractivity contribution in [1.29, 1.82) is 0 Å². The maximum Gasteiger partial charge on any atom is 0.313 e. The van der Waals surface area contributed by atoms with E-state index in [1.807, 2.05) is 34.6 Å². The lowest BCUT2D eigenvalue weighted by Crippen LogP contribution is -2.46. The topological polar surface area (TPSA) is 50.4 Å². The first kappa shape index (κ1) is 25.0. The van der Waals surface area contributed by atoms with Gasteiger partial charge in [0.1, 0.15) is 5.60 Å². The van der Waals surface area contributed by atoms with Crippen molar-refractivity contribution in [3.63, 3.8) is 0 Å². The van der Waals surface area contributed by atoms with Crippen LogP contribution in [-0.2, 0) is 9.53 Å². The zero-order valence-corrected chi connectivity index (χ0v) is 21.0. The Balaban J connectivity index is 1.39. The number of nitrogens with one attached hydrogen (secondary N) is 2. The van der Waals surface area contributed by atoms with Gasteiger partial charge in [0, 0.05) is 24.7 Å². The van der Waals surface area contributed by atoms with Crippen LogP contribution in [0.5, 0.6) is 0 Å². The van der Waals surface area contributed by atoms with Crippen molar-refractivity contribution in [2.45, 2.75) is 104 Å². The van der Waals surface area contributed by atoms with Crippen molar-refractivity contribution in [3.05, 3.63) is 41.5 Å². The van der Waals surface area contributed by atoms with Crippen LogP contribution in [0.25, 0.3) is 6.08 Å². The molecule has 4 nitrogen and oxygen atoms in total. The van der Waals surface area contributed by atoms with Gasteiger partial charge in [0.15, 0.2) is 0 Å². The standard InChI is InChI=1S/C28H44N2O2/c1-7-21(17-20-11-9-8-10-12-20)24-18-25(24)30-23-15-13-22(14-16-23)29-19-28(5,6)26(31)32-27(2,3)4/h8-12,17,22-25,29-30H,7,13-16,18-19H2,1-6H3/t22?,23?,24-,25+/m0/s1. The lowest BCUT2D eigenvalue weighted by Gasteiger charge is -2.33. The number of benzene rings is 1. The van der Waals surface area contributed by atoms with Crippen molar-refractivity contribution in [3.8, 4) is 0 Å². The molecule has 0 saturated heterocycles. The fourth-order valence-corrected chi connectivity index (χ4v) is 4.68. The van der Waals surface area contributed by atoms with Gasteiger partial charge < -0.3 is 15.4 Å². The molecule has 178 valence electrons. The SMILES string of the molecule is CCC(=Cc1ccccc1)[C@@H]1C[C@H]1NC1CCC(NCC(C)(C)C(=O)OC(C)(C)C)CC1. The summed E-state index contributed by atoms with van der Waals surface area (Å²) in [5.74, 6) is 0.577. The highest BCUT2D eigenvalue weighted by molar-refractivity contribution is 5.76. The second-order valence-electron chi connectivity index (χ2n) is 11.4. The molecule has 1 aromatic rings. The molecule has 0 bridgehead atoms. The van der Waals surface area contributed by atoms with Crippen LogP contribution in [0.1, 0.15) is 85.6 Å². The zero-order chi connectivity index (χ0) is 23.4. The van der Waals surface area contributed by atoms with Crippen LogP contribution in [0.15, 0.2) is 35.9 Å². The third-order valence-corrected chi connectivity index (χ3v) is 6.79. The molecule has 2 fully saturated rings. The molecule has 1 aromatic carbocycles. The third kappa shape index (κ3) is 7.45. The average molecular weight is 441 g/mol. The van der Waals surface area contributed by atoms with E-state index in [-0.39, 0.29) is 5.97 Å². The molecule has 0 aromatic heterocycles. The molecule has 32 heavy (non-hydrogen) atoms. The minimum absolute atomic E-state index is 0.122. The number of rotatable bonds is 9. The van der Waals surface area contributed by atoms with Gasteiger partial charge in [-0.2, -0.15) is 0 Å². The molecule has 0 unspecified atom stereocenters. The van der Waals surface area contributed by atoms with Crippen LogP contribution in [-0.4, -0.2) is 36.2 Å². The summed E-state index contributed by atoms with van der Waals surface area (Å²) in [6, 6.07) is 12.5. The quantitative estimate of drug-likeness (QED) is 0.482. The van der Waals surface area contributed by atoms with E-state index >= 15 is 0 Å². The minimum atomic E-state index is -0.509. The number of hydrogen-bond acceptors (Lipinski definition) is 4. The van der Waals surface area contributed by atoms with Crippen molar-refractivity contribution >= 4 is 12.0 Å². The summed E-state index contributed by atoms with van der Waals surface area (Å²) in [7, 11) is 0. The lowest BCUT2D eigenvalue weighted by atomic mass is 9.88. The highest BCUT2D eigenvalue weighted by Crippen LogP contribution is 2.40. The van der Waals surface area contributed by atoms with Crippen LogP contribution in [0.3, 0.4) is 0 Å². The molecule has 0 amide bonds. The Bertz CT molecular complexity index is 770. The molecule has 3 rings (SSSR count). The Kier molecular flexibility index (Phi) is 8.21. The Morgan fingerprint density at radius 3 is 2.25 bits per heavy atom. The molecule has 0 heterocycles. The van der Waals surface area contributed by atoms with E-state index in [0.717, 1.165) is 6.42 Å². The summed E-state index contributed by atoms with van der Waals surface area (Å²) in [6.45, 7) is 12.7. The summed E-state index contributed by atoms with van der Waals surface area (Å²) in [4.78, 5) is 12.5. The Labute approximate surface area is 195 Å². The van der Waals surface area contributed by atoms with Gasteiger partial charge in [0.25, 0.3) is 0 Å². The molecule has 2 N–H and O–H groups in total. The van der Waals surface area contributed by atoms with Gasteiger partial charge in [0.05, 0.1) is 5.41 Å². The van der Waals surface area contributed by atoms with Crippen molar-refractivity contribution in [2.24, 2.45) is 11.3 Å². The second kappa shape index (κ2) is 10.5.